The standard InChI is InChI=1S/C27H34N6O3/c1-17-22-16-29-27(31-25(22)33(21-5-3-4-6-21)26(36)24(17)18(2)35)30-23-8-7-20(15-28-23)19-9-11-32(12-10-19)13-14-34/h7-8,15-16,19,21,34H,3-6,9-14H2,1-2H3,(H,28,29,30,31). The molecule has 190 valence electrons. The molecular formula is C27H34N6O3. The molecule has 5 rings (SSSR count). The number of likely N-dealkylation sites (tertiary alicyclic amines) is 1. The average Bonchev–Trinajstić information content (AvgIpc) is 3.39. The summed E-state index contributed by atoms with van der Waals surface area (Å²) in [6, 6.07) is 4.08. The molecule has 1 aliphatic carbocycles. The number of carbonyl (C=O) groups is 1. The lowest BCUT2D eigenvalue weighted by atomic mass is 9.90. The number of hydrogen-bond donors (Lipinski definition) is 2. The number of Topliss-reactive ketones (excluding diaryl/α,β-unsaturated/α-hetero) is 1. The lowest BCUT2D eigenvalue weighted by Crippen LogP contribution is -2.34. The maximum Gasteiger partial charge on any atom is 0.263 e. The second-order valence-electron chi connectivity index (χ2n) is 10.0. The van der Waals surface area contributed by atoms with Crippen molar-refractivity contribution in [3.8, 4) is 0 Å². The van der Waals surface area contributed by atoms with E-state index in [0.29, 0.717) is 28.9 Å². The summed E-state index contributed by atoms with van der Waals surface area (Å²) in [6.45, 7) is 6.16. The first-order chi connectivity index (χ1) is 17.5. The normalized spacial score (nSPS) is 17.6. The minimum absolute atomic E-state index is 0.0441. The molecule has 4 heterocycles. The Hall–Kier alpha value is -3.17. The predicted octanol–water partition coefficient (Wildman–Crippen LogP) is 3.73. The third-order valence-corrected chi connectivity index (χ3v) is 7.75. The van der Waals surface area contributed by atoms with Crippen LogP contribution in [0, 0.1) is 6.92 Å². The molecule has 0 radical (unpaired) electrons. The maximum absolute atomic E-state index is 13.4. The lowest BCUT2D eigenvalue weighted by molar-refractivity contribution is 0.101. The largest absolute Gasteiger partial charge is 0.395 e. The summed E-state index contributed by atoms with van der Waals surface area (Å²) >= 11 is 0. The van der Waals surface area contributed by atoms with Gasteiger partial charge in [0.15, 0.2) is 5.78 Å². The highest BCUT2D eigenvalue weighted by molar-refractivity contribution is 5.99. The van der Waals surface area contributed by atoms with Gasteiger partial charge in [0.25, 0.3) is 5.56 Å². The van der Waals surface area contributed by atoms with Crippen molar-refractivity contribution in [2.45, 2.75) is 64.3 Å². The number of pyridine rings is 2. The second-order valence-corrected chi connectivity index (χ2v) is 10.0. The van der Waals surface area contributed by atoms with Crippen molar-refractivity contribution in [1.29, 1.82) is 0 Å². The number of fused-ring (bicyclic) bond motifs is 1. The molecule has 0 atom stereocenters. The third kappa shape index (κ3) is 4.77. The molecule has 9 nitrogen and oxygen atoms in total. The van der Waals surface area contributed by atoms with Crippen LogP contribution in [-0.4, -0.2) is 61.5 Å². The van der Waals surface area contributed by atoms with Gasteiger partial charge in [0.2, 0.25) is 5.95 Å². The molecule has 2 fully saturated rings. The number of aliphatic hydroxyl groups excluding tert-OH is 1. The summed E-state index contributed by atoms with van der Waals surface area (Å²) in [5.74, 6) is 1.26. The highest BCUT2D eigenvalue weighted by Gasteiger charge is 2.26. The number of aryl methyl sites for hydroxylation is 1. The molecule has 0 spiro atoms. The molecule has 1 aliphatic heterocycles. The van der Waals surface area contributed by atoms with Crippen LogP contribution in [0.15, 0.2) is 29.3 Å². The molecule has 0 amide bonds. The number of aliphatic hydroxyl groups is 1. The molecule has 36 heavy (non-hydrogen) atoms. The van der Waals surface area contributed by atoms with Crippen LogP contribution in [-0.2, 0) is 0 Å². The smallest absolute Gasteiger partial charge is 0.263 e. The van der Waals surface area contributed by atoms with Crippen molar-refractivity contribution in [3.63, 3.8) is 0 Å². The van der Waals surface area contributed by atoms with Gasteiger partial charge in [0.1, 0.15) is 11.5 Å². The highest BCUT2D eigenvalue weighted by atomic mass is 16.3. The van der Waals surface area contributed by atoms with E-state index in [9.17, 15) is 9.59 Å². The minimum atomic E-state index is -0.253. The van der Waals surface area contributed by atoms with Gasteiger partial charge in [0.05, 0.1) is 12.2 Å². The number of β-amino-alcohol motifs (C(OH)–C–C–N with tert-alkyl or cyclic N) is 1. The van der Waals surface area contributed by atoms with Gasteiger partial charge in [-0.3, -0.25) is 14.2 Å². The summed E-state index contributed by atoms with van der Waals surface area (Å²) < 4.78 is 1.72. The van der Waals surface area contributed by atoms with Crippen LogP contribution < -0.4 is 10.9 Å². The number of piperidine rings is 1. The fourth-order valence-corrected chi connectivity index (χ4v) is 5.78. The molecule has 0 bridgehead atoms. The predicted molar refractivity (Wildman–Crippen MR) is 139 cm³/mol. The van der Waals surface area contributed by atoms with Gasteiger partial charge in [-0.05, 0) is 75.7 Å². The van der Waals surface area contributed by atoms with Crippen LogP contribution in [0.5, 0.6) is 0 Å². The Morgan fingerprint density at radius 2 is 1.86 bits per heavy atom. The molecule has 1 saturated carbocycles. The third-order valence-electron chi connectivity index (χ3n) is 7.75. The van der Waals surface area contributed by atoms with Gasteiger partial charge in [-0.15, -0.1) is 0 Å². The average molecular weight is 491 g/mol. The van der Waals surface area contributed by atoms with Crippen LogP contribution in [0.1, 0.15) is 78.9 Å². The minimum Gasteiger partial charge on any atom is -0.395 e. The summed E-state index contributed by atoms with van der Waals surface area (Å²) in [5.41, 5.74) is 2.40. The molecule has 0 aromatic carbocycles. The fraction of sp³-hybridized carbons (Fsp3) is 0.519. The number of nitrogens with zero attached hydrogens (tertiary/aromatic N) is 5. The summed E-state index contributed by atoms with van der Waals surface area (Å²) in [7, 11) is 0. The van der Waals surface area contributed by atoms with Gasteiger partial charge >= 0.3 is 0 Å². The number of nitrogens with one attached hydrogen (secondary N) is 1. The van der Waals surface area contributed by atoms with E-state index in [2.05, 4.69) is 26.3 Å². The van der Waals surface area contributed by atoms with E-state index in [0.717, 1.165) is 63.5 Å². The molecule has 2 N–H and O–H groups in total. The topological polar surface area (TPSA) is 113 Å². The second kappa shape index (κ2) is 10.4. The summed E-state index contributed by atoms with van der Waals surface area (Å²) in [6.07, 6.45) is 9.67. The summed E-state index contributed by atoms with van der Waals surface area (Å²) in [5, 5.41) is 13.1. The molecule has 3 aromatic rings. The number of carbonyl (C=O) groups excluding carboxylic acids is 1. The Kier molecular flexibility index (Phi) is 7.11. The van der Waals surface area contributed by atoms with Crippen molar-refractivity contribution >= 4 is 28.6 Å². The number of anilines is 2. The number of rotatable bonds is 7. The van der Waals surface area contributed by atoms with E-state index >= 15 is 0 Å². The first kappa shape index (κ1) is 24.5. The molecule has 3 aromatic heterocycles. The van der Waals surface area contributed by atoms with Crippen molar-refractivity contribution < 1.29 is 9.90 Å². The van der Waals surface area contributed by atoms with Gasteiger partial charge in [-0.1, -0.05) is 18.9 Å². The van der Waals surface area contributed by atoms with Gasteiger partial charge in [-0.2, -0.15) is 4.98 Å². The van der Waals surface area contributed by atoms with Gasteiger partial charge < -0.3 is 15.3 Å². The fourth-order valence-electron chi connectivity index (χ4n) is 5.78. The first-order valence-electron chi connectivity index (χ1n) is 12.9. The van der Waals surface area contributed by atoms with Gasteiger partial charge in [-0.25, -0.2) is 9.97 Å². The zero-order valence-electron chi connectivity index (χ0n) is 21.0. The number of hydrogen-bond acceptors (Lipinski definition) is 8. The van der Waals surface area contributed by atoms with Crippen LogP contribution in [0.2, 0.25) is 0 Å². The van der Waals surface area contributed by atoms with E-state index in [1.54, 1.807) is 17.7 Å². The van der Waals surface area contributed by atoms with Crippen molar-refractivity contribution in [3.05, 3.63) is 51.6 Å². The van der Waals surface area contributed by atoms with Crippen LogP contribution in [0.25, 0.3) is 11.0 Å². The zero-order chi connectivity index (χ0) is 25.2. The highest BCUT2D eigenvalue weighted by Crippen LogP contribution is 2.32. The zero-order valence-corrected chi connectivity index (χ0v) is 21.0. The molecule has 2 aliphatic rings. The SMILES string of the molecule is CC(=O)c1c(C)c2cnc(Nc3ccc(C4CCN(CCO)CC4)cn3)nc2n(C2CCCC2)c1=O. The Balaban J connectivity index is 1.41. The Morgan fingerprint density at radius 1 is 1.11 bits per heavy atom. The van der Waals surface area contributed by atoms with Crippen molar-refractivity contribution in [2.75, 3.05) is 31.6 Å². The molecule has 9 heteroatoms. The lowest BCUT2D eigenvalue weighted by Gasteiger charge is -2.31. The van der Waals surface area contributed by atoms with E-state index < -0.39 is 0 Å². The van der Waals surface area contributed by atoms with Gasteiger partial charge in [0, 0.05) is 30.4 Å². The van der Waals surface area contributed by atoms with Crippen molar-refractivity contribution in [1.82, 2.24) is 24.4 Å². The van der Waals surface area contributed by atoms with Crippen LogP contribution in [0.3, 0.4) is 0 Å². The molecule has 1 saturated heterocycles. The van der Waals surface area contributed by atoms with Crippen LogP contribution in [0.4, 0.5) is 11.8 Å². The van der Waals surface area contributed by atoms with Crippen molar-refractivity contribution in [2.24, 2.45) is 0 Å². The van der Waals surface area contributed by atoms with E-state index in [1.807, 2.05) is 12.3 Å². The monoisotopic (exact) mass is 490 g/mol. The summed E-state index contributed by atoms with van der Waals surface area (Å²) in [4.78, 5) is 41.8. The Morgan fingerprint density at radius 3 is 2.50 bits per heavy atom. The quantitative estimate of drug-likeness (QED) is 0.482. The Labute approximate surface area is 210 Å². The molecular weight excluding hydrogens is 456 g/mol. The first-order valence-corrected chi connectivity index (χ1v) is 12.9. The van der Waals surface area contributed by atoms with Crippen LogP contribution >= 0.6 is 0 Å². The number of aromatic nitrogens is 4. The maximum atomic E-state index is 13.4. The van der Waals surface area contributed by atoms with E-state index in [1.165, 1.54) is 12.5 Å². The van der Waals surface area contributed by atoms with E-state index in [4.69, 9.17) is 10.1 Å². The Bertz CT molecular complexity index is 1310. The number of ketones is 1. The van der Waals surface area contributed by atoms with E-state index in [-0.39, 0.29) is 29.6 Å². The molecule has 0 unspecified atom stereocenters.